The lowest BCUT2D eigenvalue weighted by molar-refractivity contribution is -0.194. The molecule has 0 saturated heterocycles. The number of nitrogens with one attached hydrogen (secondary N) is 1. The molecule has 0 aromatic carbocycles. The maximum atomic E-state index is 14.5. The number of hydrogen-bond donors (Lipinski definition) is 3. The van der Waals surface area contributed by atoms with Crippen LogP contribution in [0, 0.1) is 51.2 Å². The van der Waals surface area contributed by atoms with Crippen LogP contribution >= 0.6 is 0 Å². The molecule has 4 fully saturated rings. The SMILES string of the molecule is C[C@H]1[C@H](C)CC[C@]2(C)CC[C@]3(C)C(=CC(=O)[C@@H]4[C@@]5(C)CC[C@@H](O)[C@](C)(NC(=O)CCCCC(=O)O)[C@@H]5CC[C@]43C)[C@H]12. The van der Waals surface area contributed by atoms with Crippen molar-refractivity contribution in [2.24, 2.45) is 51.2 Å². The van der Waals surface area contributed by atoms with Gasteiger partial charge in [-0.05, 0) is 123 Å². The van der Waals surface area contributed by atoms with Gasteiger partial charge in [-0.25, -0.2) is 0 Å². The predicted molar refractivity (Wildman–Crippen MR) is 160 cm³/mol. The number of amides is 1. The summed E-state index contributed by atoms with van der Waals surface area (Å²) in [5.41, 5.74) is 0.363. The van der Waals surface area contributed by atoms with Gasteiger partial charge in [-0.1, -0.05) is 47.1 Å². The number of hydrogen-bond acceptors (Lipinski definition) is 4. The largest absolute Gasteiger partial charge is 0.481 e. The highest BCUT2D eigenvalue weighted by molar-refractivity contribution is 5.95. The Hall–Kier alpha value is -1.69. The minimum atomic E-state index is -0.848. The second-order valence-corrected chi connectivity index (χ2v) is 16.3. The fourth-order valence-corrected chi connectivity index (χ4v) is 11.5. The summed E-state index contributed by atoms with van der Waals surface area (Å²) in [7, 11) is 0. The Balaban J connectivity index is 1.47. The van der Waals surface area contributed by atoms with E-state index < -0.39 is 17.6 Å². The number of rotatable bonds is 6. The third-order valence-corrected chi connectivity index (χ3v) is 14.2. The van der Waals surface area contributed by atoms with Crippen LogP contribution in [0.2, 0.25) is 0 Å². The predicted octanol–water partition coefficient (Wildman–Crippen LogP) is 6.70. The highest BCUT2D eigenvalue weighted by atomic mass is 16.4. The number of carboxylic acids is 1. The zero-order valence-corrected chi connectivity index (χ0v) is 26.6. The van der Waals surface area contributed by atoms with Gasteiger partial charge in [-0.3, -0.25) is 14.4 Å². The fraction of sp³-hybridized carbons (Fsp3) is 0.857. The molecule has 3 N–H and O–H groups in total. The van der Waals surface area contributed by atoms with E-state index in [9.17, 15) is 19.5 Å². The minimum Gasteiger partial charge on any atom is -0.481 e. The Kier molecular flexibility index (Phi) is 7.65. The van der Waals surface area contributed by atoms with E-state index in [0.717, 1.165) is 25.7 Å². The third-order valence-electron chi connectivity index (χ3n) is 14.2. The number of carboxylic acid groups (broad SMARTS) is 1. The molecule has 0 aliphatic heterocycles. The van der Waals surface area contributed by atoms with Gasteiger partial charge in [0.25, 0.3) is 0 Å². The topological polar surface area (TPSA) is 104 Å². The van der Waals surface area contributed by atoms with Gasteiger partial charge in [0, 0.05) is 18.8 Å². The molecule has 0 bridgehead atoms. The van der Waals surface area contributed by atoms with E-state index in [4.69, 9.17) is 5.11 Å². The standard InChI is InChI=1S/C35H55NO5/c1-21-12-15-31(3)18-19-33(5)23(29(31)22(21)2)20-24(37)30-32(4)16-14-26(38)35(7,25(32)13-17-34(30,33)6)36-27(39)10-8-9-11-28(40)41/h20-22,25-26,29-30,38H,8-19H2,1-7H3,(H,36,39)(H,40,41)/t21-,22+,25-,26-,29+,30-,31-,32+,33-,34-,35-/m1/s1. The van der Waals surface area contributed by atoms with Crippen molar-refractivity contribution >= 4 is 17.7 Å². The lowest BCUT2D eigenvalue weighted by Gasteiger charge is -2.70. The molecule has 11 atom stereocenters. The molecule has 0 radical (unpaired) electrons. The summed E-state index contributed by atoms with van der Waals surface area (Å²) in [5, 5.41) is 23.5. The molecular weight excluding hydrogens is 514 g/mol. The molecule has 1 amide bonds. The Bertz CT molecular complexity index is 1130. The van der Waals surface area contributed by atoms with Gasteiger partial charge in [-0.15, -0.1) is 0 Å². The highest BCUT2D eigenvalue weighted by Gasteiger charge is 2.70. The number of fused-ring (bicyclic) bond motifs is 7. The summed E-state index contributed by atoms with van der Waals surface area (Å²) < 4.78 is 0. The van der Waals surface area contributed by atoms with Crippen molar-refractivity contribution < 1.29 is 24.6 Å². The number of carbonyl (C=O) groups is 3. The molecular formula is C35H55NO5. The molecule has 0 unspecified atom stereocenters. The average molecular weight is 570 g/mol. The van der Waals surface area contributed by atoms with Crippen LogP contribution < -0.4 is 5.32 Å². The van der Waals surface area contributed by atoms with E-state index in [1.54, 1.807) is 0 Å². The molecule has 4 saturated carbocycles. The first-order valence-corrected chi connectivity index (χ1v) is 16.5. The van der Waals surface area contributed by atoms with Crippen LogP contribution in [0.15, 0.2) is 11.6 Å². The van der Waals surface area contributed by atoms with Crippen molar-refractivity contribution in [2.75, 3.05) is 0 Å². The molecule has 5 rings (SSSR count). The summed E-state index contributed by atoms with van der Waals surface area (Å²) in [6.07, 6.45) is 10.7. The first-order chi connectivity index (χ1) is 19.0. The third kappa shape index (κ3) is 4.47. The highest BCUT2D eigenvalue weighted by Crippen LogP contribution is 2.74. The van der Waals surface area contributed by atoms with Gasteiger partial charge in [0.15, 0.2) is 5.78 Å². The van der Waals surface area contributed by atoms with Gasteiger partial charge >= 0.3 is 5.97 Å². The molecule has 6 heteroatoms. The van der Waals surface area contributed by atoms with E-state index >= 15 is 0 Å². The maximum Gasteiger partial charge on any atom is 0.303 e. The van der Waals surface area contributed by atoms with Crippen LogP contribution in [0.1, 0.15) is 126 Å². The zero-order chi connectivity index (χ0) is 30.2. The smallest absolute Gasteiger partial charge is 0.303 e. The molecule has 6 nitrogen and oxygen atoms in total. The average Bonchev–Trinajstić information content (AvgIpc) is 2.88. The Labute approximate surface area is 247 Å². The summed E-state index contributed by atoms with van der Waals surface area (Å²) in [5.74, 6) is 0.838. The van der Waals surface area contributed by atoms with Crippen LogP contribution in [-0.2, 0) is 14.4 Å². The Morgan fingerprint density at radius 1 is 0.927 bits per heavy atom. The molecule has 5 aliphatic carbocycles. The molecule has 230 valence electrons. The van der Waals surface area contributed by atoms with Crippen LogP contribution in [0.3, 0.4) is 0 Å². The number of allylic oxidation sites excluding steroid dienone is 2. The van der Waals surface area contributed by atoms with E-state index in [0.29, 0.717) is 37.0 Å². The van der Waals surface area contributed by atoms with Gasteiger partial charge in [0.1, 0.15) is 0 Å². The quantitative estimate of drug-likeness (QED) is 0.309. The summed E-state index contributed by atoms with van der Waals surface area (Å²) in [4.78, 5) is 38.5. The summed E-state index contributed by atoms with van der Waals surface area (Å²) in [6.45, 7) is 16.5. The molecule has 0 aromatic heterocycles. The van der Waals surface area contributed by atoms with Crippen molar-refractivity contribution in [1.29, 1.82) is 0 Å². The second kappa shape index (κ2) is 10.2. The number of aliphatic hydroxyl groups is 1. The maximum absolute atomic E-state index is 14.5. The number of carbonyl (C=O) groups excluding carboxylic acids is 2. The van der Waals surface area contributed by atoms with Crippen molar-refractivity contribution in [1.82, 2.24) is 5.32 Å². The second-order valence-electron chi connectivity index (χ2n) is 16.3. The molecule has 0 aromatic rings. The van der Waals surface area contributed by atoms with Crippen LogP contribution in [0.5, 0.6) is 0 Å². The van der Waals surface area contributed by atoms with E-state index in [2.05, 4.69) is 52.9 Å². The van der Waals surface area contributed by atoms with Crippen LogP contribution in [0.25, 0.3) is 0 Å². The van der Waals surface area contributed by atoms with Crippen molar-refractivity contribution in [3.05, 3.63) is 11.6 Å². The normalized spacial score (nSPS) is 49.1. The molecule has 0 heterocycles. The van der Waals surface area contributed by atoms with E-state index in [1.165, 1.54) is 24.8 Å². The van der Waals surface area contributed by atoms with Crippen molar-refractivity contribution in [3.63, 3.8) is 0 Å². The van der Waals surface area contributed by atoms with E-state index in [1.807, 2.05) is 6.92 Å². The molecule has 41 heavy (non-hydrogen) atoms. The first-order valence-electron chi connectivity index (χ1n) is 16.5. The Morgan fingerprint density at radius 2 is 1.61 bits per heavy atom. The van der Waals surface area contributed by atoms with Gasteiger partial charge in [0.2, 0.25) is 5.91 Å². The van der Waals surface area contributed by atoms with Gasteiger partial charge in [-0.2, -0.15) is 0 Å². The van der Waals surface area contributed by atoms with Gasteiger partial charge < -0.3 is 15.5 Å². The fourth-order valence-electron chi connectivity index (χ4n) is 11.5. The van der Waals surface area contributed by atoms with Crippen molar-refractivity contribution in [2.45, 2.75) is 137 Å². The zero-order valence-electron chi connectivity index (χ0n) is 26.6. The van der Waals surface area contributed by atoms with Crippen molar-refractivity contribution in [3.8, 4) is 0 Å². The summed E-state index contributed by atoms with van der Waals surface area (Å²) in [6, 6.07) is 0. The lowest BCUT2D eigenvalue weighted by Crippen LogP contribution is -2.72. The number of ketones is 1. The lowest BCUT2D eigenvalue weighted by atomic mass is 9.33. The molecule has 5 aliphatic rings. The van der Waals surface area contributed by atoms with Gasteiger partial charge in [0.05, 0.1) is 11.6 Å². The summed E-state index contributed by atoms with van der Waals surface area (Å²) >= 11 is 0. The Morgan fingerprint density at radius 3 is 2.29 bits per heavy atom. The number of aliphatic carboxylic acids is 1. The number of unbranched alkanes of at least 4 members (excludes halogenated alkanes) is 1. The van der Waals surface area contributed by atoms with E-state index in [-0.39, 0.29) is 58.0 Å². The minimum absolute atomic E-state index is 0.00947. The monoisotopic (exact) mass is 569 g/mol. The number of aliphatic hydroxyl groups excluding tert-OH is 1. The van der Waals surface area contributed by atoms with Crippen LogP contribution in [0.4, 0.5) is 0 Å². The molecule has 0 spiro atoms. The first kappa shape index (κ1) is 30.8. The van der Waals surface area contributed by atoms with Crippen LogP contribution in [-0.4, -0.2) is 39.5 Å².